The molecule has 0 aliphatic rings. The van der Waals surface area contributed by atoms with Gasteiger partial charge in [0.1, 0.15) is 14.1 Å². The quantitative estimate of drug-likeness (QED) is 0.349. The molecule has 0 radical (unpaired) electrons. The summed E-state index contributed by atoms with van der Waals surface area (Å²) in [6, 6.07) is 8.12. The maximum absolute atomic E-state index is 10.2. The molecule has 0 N–H and O–H groups in total. The standard InChI is InChI=1S/C10H11BO/c1-8(6-7-12)9-2-4-10(11)5-3-9/h2-7H,11H2,1H3/b8-6+. The lowest BCUT2D eigenvalue weighted by molar-refractivity contribution is -0.104. The molecule has 0 spiro atoms. The Morgan fingerprint density at radius 2 is 1.92 bits per heavy atom. The average Bonchev–Trinajstić information content (AvgIpc) is 2.06. The molecule has 60 valence electrons. The van der Waals surface area contributed by atoms with Crippen LogP contribution in [0, 0.1) is 0 Å². The Labute approximate surface area is 73.5 Å². The van der Waals surface area contributed by atoms with E-state index in [1.807, 2.05) is 39.0 Å². The highest BCUT2D eigenvalue weighted by Gasteiger charge is 1.92. The molecular weight excluding hydrogens is 147 g/mol. The molecule has 1 aromatic rings. The SMILES string of the molecule is Bc1ccc(/C(C)=C/C=O)cc1. The fourth-order valence-electron chi connectivity index (χ4n) is 1.01. The molecule has 0 saturated carbocycles. The van der Waals surface area contributed by atoms with Crippen molar-refractivity contribution in [1.29, 1.82) is 0 Å². The number of carbonyl (C=O) groups excluding carboxylic acids is 1. The van der Waals surface area contributed by atoms with Crippen molar-refractivity contribution in [2.45, 2.75) is 6.92 Å². The van der Waals surface area contributed by atoms with E-state index in [0.717, 1.165) is 17.4 Å². The Morgan fingerprint density at radius 1 is 1.33 bits per heavy atom. The normalized spacial score (nSPS) is 11.2. The fourth-order valence-corrected chi connectivity index (χ4v) is 1.01. The molecule has 0 amide bonds. The van der Waals surface area contributed by atoms with Crippen molar-refractivity contribution < 1.29 is 4.79 Å². The summed E-state index contributed by atoms with van der Waals surface area (Å²) in [4.78, 5) is 10.2. The minimum Gasteiger partial charge on any atom is -0.299 e. The average molecular weight is 158 g/mol. The lowest BCUT2D eigenvalue weighted by atomic mass is 9.94. The van der Waals surface area contributed by atoms with Crippen molar-refractivity contribution in [3.8, 4) is 0 Å². The molecule has 1 nitrogen and oxygen atoms in total. The Hall–Kier alpha value is -1.31. The van der Waals surface area contributed by atoms with Gasteiger partial charge in [0.2, 0.25) is 0 Å². The van der Waals surface area contributed by atoms with Crippen molar-refractivity contribution in [3.05, 3.63) is 35.9 Å². The number of allylic oxidation sites excluding steroid dienone is 2. The van der Waals surface area contributed by atoms with Crippen molar-refractivity contribution >= 4 is 25.2 Å². The Bertz CT molecular complexity index is 298. The molecule has 0 saturated heterocycles. The fraction of sp³-hybridized carbons (Fsp3) is 0.100. The maximum atomic E-state index is 10.2. The van der Waals surface area contributed by atoms with Gasteiger partial charge >= 0.3 is 0 Å². The van der Waals surface area contributed by atoms with E-state index in [0.29, 0.717) is 0 Å². The number of hydrogen-bond donors (Lipinski definition) is 0. The van der Waals surface area contributed by atoms with Crippen LogP contribution in [0.25, 0.3) is 5.57 Å². The third-order valence-corrected chi connectivity index (χ3v) is 1.82. The van der Waals surface area contributed by atoms with Crippen LogP contribution in [0.5, 0.6) is 0 Å². The third-order valence-electron chi connectivity index (χ3n) is 1.82. The predicted molar refractivity (Wildman–Crippen MR) is 54.3 cm³/mol. The lowest BCUT2D eigenvalue weighted by Crippen LogP contribution is -1.99. The first-order chi connectivity index (χ1) is 5.74. The van der Waals surface area contributed by atoms with Gasteiger partial charge in [-0.3, -0.25) is 4.79 Å². The van der Waals surface area contributed by atoms with Gasteiger partial charge in [0.25, 0.3) is 0 Å². The van der Waals surface area contributed by atoms with Gasteiger partial charge in [0, 0.05) is 0 Å². The number of aldehydes is 1. The number of benzene rings is 1. The molecule has 0 aliphatic carbocycles. The van der Waals surface area contributed by atoms with E-state index in [9.17, 15) is 4.79 Å². The van der Waals surface area contributed by atoms with Crippen molar-refractivity contribution in [2.75, 3.05) is 0 Å². The molecule has 0 unspecified atom stereocenters. The molecule has 0 aliphatic heterocycles. The summed E-state index contributed by atoms with van der Waals surface area (Å²) in [5.74, 6) is 0. The van der Waals surface area contributed by atoms with Crippen LogP contribution < -0.4 is 5.46 Å². The third kappa shape index (κ3) is 2.09. The van der Waals surface area contributed by atoms with Crippen LogP contribution in [0.4, 0.5) is 0 Å². The molecule has 0 fully saturated rings. The predicted octanol–water partition coefficient (Wildman–Crippen LogP) is 0.547. The number of hydrogen-bond acceptors (Lipinski definition) is 1. The monoisotopic (exact) mass is 158 g/mol. The first-order valence-corrected chi connectivity index (χ1v) is 3.93. The van der Waals surface area contributed by atoms with Gasteiger partial charge in [-0.1, -0.05) is 29.7 Å². The molecule has 0 bridgehead atoms. The molecule has 0 aromatic heterocycles. The molecule has 0 atom stereocenters. The van der Waals surface area contributed by atoms with Crippen LogP contribution in [0.15, 0.2) is 30.3 Å². The van der Waals surface area contributed by atoms with Crippen LogP contribution in [-0.2, 0) is 4.79 Å². The lowest BCUT2D eigenvalue weighted by Gasteiger charge is -1.99. The second kappa shape index (κ2) is 3.91. The van der Waals surface area contributed by atoms with Crippen LogP contribution >= 0.6 is 0 Å². The summed E-state index contributed by atoms with van der Waals surface area (Å²) in [6.07, 6.45) is 2.39. The molecule has 1 rings (SSSR count). The summed E-state index contributed by atoms with van der Waals surface area (Å²) in [5, 5.41) is 0. The summed E-state index contributed by atoms with van der Waals surface area (Å²) < 4.78 is 0. The van der Waals surface area contributed by atoms with Crippen LogP contribution in [0.3, 0.4) is 0 Å². The van der Waals surface area contributed by atoms with E-state index in [2.05, 4.69) is 0 Å². The molecule has 12 heavy (non-hydrogen) atoms. The Balaban J connectivity index is 2.97. The largest absolute Gasteiger partial charge is 0.299 e. The number of rotatable bonds is 2. The minimum absolute atomic E-state index is 0.815. The second-order valence-corrected chi connectivity index (χ2v) is 2.85. The summed E-state index contributed by atoms with van der Waals surface area (Å²) in [6.45, 7) is 1.93. The number of carbonyl (C=O) groups is 1. The maximum Gasteiger partial charge on any atom is 0.143 e. The first-order valence-electron chi connectivity index (χ1n) is 3.93. The summed E-state index contributed by atoms with van der Waals surface area (Å²) in [7, 11) is 2.04. The van der Waals surface area contributed by atoms with Gasteiger partial charge in [-0.25, -0.2) is 0 Å². The van der Waals surface area contributed by atoms with Crippen molar-refractivity contribution in [1.82, 2.24) is 0 Å². The van der Waals surface area contributed by atoms with E-state index in [4.69, 9.17) is 0 Å². The molecule has 0 heterocycles. The zero-order valence-corrected chi connectivity index (χ0v) is 7.37. The van der Waals surface area contributed by atoms with E-state index < -0.39 is 0 Å². The van der Waals surface area contributed by atoms with Crippen LogP contribution in [-0.4, -0.2) is 14.1 Å². The van der Waals surface area contributed by atoms with E-state index in [-0.39, 0.29) is 0 Å². The van der Waals surface area contributed by atoms with Gasteiger partial charge in [-0.15, -0.1) is 0 Å². The van der Waals surface area contributed by atoms with Crippen LogP contribution in [0.2, 0.25) is 0 Å². The topological polar surface area (TPSA) is 17.1 Å². The Morgan fingerprint density at radius 3 is 2.42 bits per heavy atom. The van der Waals surface area contributed by atoms with E-state index in [1.165, 1.54) is 5.46 Å². The van der Waals surface area contributed by atoms with Crippen LogP contribution in [0.1, 0.15) is 12.5 Å². The molecular formula is C10H11BO. The summed E-state index contributed by atoms with van der Waals surface area (Å²) in [5.41, 5.74) is 3.34. The van der Waals surface area contributed by atoms with Gasteiger partial charge < -0.3 is 0 Å². The van der Waals surface area contributed by atoms with E-state index >= 15 is 0 Å². The Kier molecular flexibility index (Phi) is 2.86. The van der Waals surface area contributed by atoms with Gasteiger partial charge in [0.05, 0.1) is 0 Å². The van der Waals surface area contributed by atoms with Crippen molar-refractivity contribution in [3.63, 3.8) is 0 Å². The van der Waals surface area contributed by atoms with Gasteiger partial charge in [-0.2, -0.15) is 0 Å². The highest BCUT2D eigenvalue weighted by Crippen LogP contribution is 2.10. The van der Waals surface area contributed by atoms with Gasteiger partial charge in [0.15, 0.2) is 0 Å². The highest BCUT2D eigenvalue weighted by molar-refractivity contribution is 6.32. The molecule has 2 heteroatoms. The minimum atomic E-state index is 0.815. The zero-order chi connectivity index (χ0) is 8.97. The van der Waals surface area contributed by atoms with Crippen molar-refractivity contribution in [2.24, 2.45) is 0 Å². The van der Waals surface area contributed by atoms with Gasteiger partial charge in [-0.05, 0) is 24.1 Å². The second-order valence-electron chi connectivity index (χ2n) is 2.85. The zero-order valence-electron chi connectivity index (χ0n) is 7.37. The van der Waals surface area contributed by atoms with E-state index in [1.54, 1.807) is 6.08 Å². The smallest absolute Gasteiger partial charge is 0.143 e. The highest BCUT2D eigenvalue weighted by atomic mass is 16.1. The summed E-state index contributed by atoms with van der Waals surface area (Å²) >= 11 is 0. The molecule has 1 aromatic carbocycles. The first kappa shape index (κ1) is 8.79.